The number of hydrogen-bond donors (Lipinski definition) is 0. The number of aryl methyl sites for hydroxylation is 1. The van der Waals surface area contributed by atoms with Crippen molar-refractivity contribution >= 4 is 11.6 Å². The van der Waals surface area contributed by atoms with Crippen LogP contribution in [0.15, 0.2) is 71.7 Å². The molecule has 0 aliphatic carbocycles. The molecule has 2 aromatic carbocycles. The van der Waals surface area contributed by atoms with Gasteiger partial charge in [0, 0.05) is 37.1 Å². The number of hydrogen-bond acceptors (Lipinski definition) is 2. The van der Waals surface area contributed by atoms with Crippen molar-refractivity contribution in [1.82, 2.24) is 4.57 Å². The van der Waals surface area contributed by atoms with Gasteiger partial charge in [0.15, 0.2) is 0 Å². The van der Waals surface area contributed by atoms with E-state index in [0.717, 1.165) is 23.2 Å². The summed E-state index contributed by atoms with van der Waals surface area (Å²) in [6.07, 6.45) is 2.45. The second kappa shape index (κ2) is 6.06. The van der Waals surface area contributed by atoms with Gasteiger partial charge >= 0.3 is 0 Å². The number of pyridine rings is 1. The Labute approximate surface area is 146 Å². The number of nitrogens with zero attached hydrogens (tertiary/aromatic N) is 2. The van der Waals surface area contributed by atoms with Crippen molar-refractivity contribution in [2.24, 2.45) is 7.05 Å². The van der Waals surface area contributed by atoms with Crippen LogP contribution in [0.4, 0.5) is 5.69 Å². The highest BCUT2D eigenvalue weighted by atomic mass is 16.2. The van der Waals surface area contributed by atoms with Crippen LogP contribution in [0.2, 0.25) is 0 Å². The van der Waals surface area contributed by atoms with E-state index in [1.807, 2.05) is 30.3 Å². The van der Waals surface area contributed by atoms with Gasteiger partial charge in [0.25, 0.3) is 11.5 Å². The van der Waals surface area contributed by atoms with Gasteiger partial charge < -0.3 is 9.47 Å². The maximum absolute atomic E-state index is 12.9. The maximum Gasteiger partial charge on any atom is 0.258 e. The minimum atomic E-state index is -0.177. The van der Waals surface area contributed by atoms with E-state index in [1.54, 1.807) is 24.2 Å². The molecule has 1 aliphatic rings. The number of amides is 1. The summed E-state index contributed by atoms with van der Waals surface area (Å²) in [7, 11) is 1.67. The maximum atomic E-state index is 12.9. The number of fused-ring (bicyclic) bond motifs is 1. The van der Waals surface area contributed by atoms with E-state index >= 15 is 0 Å². The quantitative estimate of drug-likeness (QED) is 0.724. The lowest BCUT2D eigenvalue weighted by atomic mass is 9.98. The van der Waals surface area contributed by atoms with E-state index in [2.05, 4.69) is 18.2 Å². The van der Waals surface area contributed by atoms with Crippen LogP contribution >= 0.6 is 0 Å². The molecule has 4 rings (SSSR count). The van der Waals surface area contributed by atoms with Crippen LogP contribution < -0.4 is 10.5 Å². The van der Waals surface area contributed by atoms with Gasteiger partial charge in [-0.1, -0.05) is 42.5 Å². The van der Waals surface area contributed by atoms with Gasteiger partial charge in [0.2, 0.25) is 0 Å². The monoisotopic (exact) mass is 330 g/mol. The molecule has 0 radical (unpaired) electrons. The minimum Gasteiger partial charge on any atom is -0.319 e. The van der Waals surface area contributed by atoms with Crippen molar-refractivity contribution in [3.63, 3.8) is 0 Å². The zero-order valence-corrected chi connectivity index (χ0v) is 14.0. The lowest BCUT2D eigenvalue weighted by Gasteiger charge is -2.18. The fraction of sp³-hybridized carbons (Fsp3) is 0.143. The summed E-state index contributed by atoms with van der Waals surface area (Å²) < 4.78 is 1.46. The smallest absolute Gasteiger partial charge is 0.258 e. The Hall–Kier alpha value is -3.14. The average Bonchev–Trinajstić information content (AvgIpc) is 3.08. The van der Waals surface area contributed by atoms with Gasteiger partial charge in [-0.15, -0.1) is 0 Å². The Morgan fingerprint density at radius 1 is 1.00 bits per heavy atom. The molecule has 3 aromatic rings. The van der Waals surface area contributed by atoms with E-state index in [9.17, 15) is 9.59 Å². The third-order valence-electron chi connectivity index (χ3n) is 4.71. The molecule has 0 atom stereocenters. The first-order chi connectivity index (χ1) is 12.1. The summed E-state index contributed by atoms with van der Waals surface area (Å²) in [6, 6.07) is 19.4. The fourth-order valence-electron chi connectivity index (χ4n) is 3.37. The first kappa shape index (κ1) is 15.4. The molecule has 0 bridgehead atoms. The van der Waals surface area contributed by atoms with Crippen LogP contribution in [0.25, 0.3) is 11.1 Å². The number of carbonyl (C=O) groups is 1. The molecular weight excluding hydrogens is 312 g/mol. The first-order valence-corrected chi connectivity index (χ1v) is 8.31. The summed E-state index contributed by atoms with van der Waals surface area (Å²) in [5.74, 6) is -0.123. The molecule has 0 fully saturated rings. The predicted molar refractivity (Wildman–Crippen MR) is 98.9 cm³/mol. The van der Waals surface area contributed by atoms with E-state index in [0.29, 0.717) is 12.1 Å². The number of benzene rings is 2. The van der Waals surface area contributed by atoms with Crippen molar-refractivity contribution in [3.8, 4) is 11.1 Å². The zero-order valence-electron chi connectivity index (χ0n) is 14.0. The van der Waals surface area contributed by atoms with Crippen LogP contribution in [0.3, 0.4) is 0 Å². The van der Waals surface area contributed by atoms with E-state index < -0.39 is 0 Å². The van der Waals surface area contributed by atoms with E-state index in [4.69, 9.17) is 0 Å². The molecule has 0 spiro atoms. The van der Waals surface area contributed by atoms with Crippen LogP contribution in [-0.4, -0.2) is 17.0 Å². The SMILES string of the molecule is Cn1ccc(C(=O)N2CCc3c(-c4ccccc4)cccc32)cc1=O. The molecular formula is C21H18N2O2. The Balaban J connectivity index is 1.74. The first-order valence-electron chi connectivity index (χ1n) is 8.31. The average molecular weight is 330 g/mol. The summed E-state index contributed by atoms with van der Waals surface area (Å²) in [5.41, 5.74) is 4.70. The second-order valence-electron chi connectivity index (χ2n) is 6.24. The van der Waals surface area contributed by atoms with Crippen molar-refractivity contribution in [2.75, 3.05) is 11.4 Å². The molecule has 0 unspecified atom stereocenters. The van der Waals surface area contributed by atoms with Gasteiger partial charge in [0.05, 0.1) is 0 Å². The molecule has 1 aromatic heterocycles. The van der Waals surface area contributed by atoms with Crippen LogP contribution in [-0.2, 0) is 13.5 Å². The number of rotatable bonds is 2. The molecule has 2 heterocycles. The van der Waals surface area contributed by atoms with Crippen molar-refractivity contribution in [2.45, 2.75) is 6.42 Å². The molecule has 1 aliphatic heterocycles. The summed E-state index contributed by atoms with van der Waals surface area (Å²) in [5, 5.41) is 0. The molecule has 0 saturated heterocycles. The standard InChI is InChI=1S/C21H18N2O2/c1-22-12-10-16(14-20(22)24)21(25)23-13-11-18-17(8-5-9-19(18)23)15-6-3-2-4-7-15/h2-10,12,14H,11,13H2,1H3. The van der Waals surface area contributed by atoms with E-state index in [1.165, 1.54) is 16.2 Å². The van der Waals surface area contributed by atoms with Crippen LogP contribution in [0, 0.1) is 0 Å². The molecule has 25 heavy (non-hydrogen) atoms. The van der Waals surface area contributed by atoms with Crippen LogP contribution in [0.1, 0.15) is 15.9 Å². The van der Waals surface area contributed by atoms with Crippen LogP contribution in [0.5, 0.6) is 0 Å². The molecule has 0 N–H and O–H groups in total. The lowest BCUT2D eigenvalue weighted by Crippen LogP contribution is -2.30. The fourth-order valence-corrected chi connectivity index (χ4v) is 3.37. The third-order valence-corrected chi connectivity index (χ3v) is 4.71. The summed E-state index contributed by atoms with van der Waals surface area (Å²) >= 11 is 0. The highest BCUT2D eigenvalue weighted by molar-refractivity contribution is 6.07. The molecule has 1 amide bonds. The van der Waals surface area contributed by atoms with Crippen molar-refractivity contribution in [3.05, 3.63) is 88.3 Å². The minimum absolute atomic E-state index is 0.123. The Kier molecular flexibility index (Phi) is 3.73. The zero-order chi connectivity index (χ0) is 17.4. The Morgan fingerprint density at radius 2 is 1.80 bits per heavy atom. The lowest BCUT2D eigenvalue weighted by molar-refractivity contribution is 0.0989. The van der Waals surface area contributed by atoms with Crippen molar-refractivity contribution < 1.29 is 4.79 Å². The number of carbonyl (C=O) groups excluding carboxylic acids is 1. The molecule has 4 heteroatoms. The molecule has 0 saturated carbocycles. The Morgan fingerprint density at radius 3 is 2.56 bits per heavy atom. The molecule has 4 nitrogen and oxygen atoms in total. The molecule has 124 valence electrons. The van der Waals surface area contributed by atoms with Gasteiger partial charge in [-0.3, -0.25) is 9.59 Å². The third kappa shape index (κ3) is 2.66. The largest absolute Gasteiger partial charge is 0.319 e. The van der Waals surface area contributed by atoms with Gasteiger partial charge in [0.1, 0.15) is 0 Å². The summed E-state index contributed by atoms with van der Waals surface area (Å²) in [4.78, 5) is 26.5. The van der Waals surface area contributed by atoms with Crippen molar-refractivity contribution in [1.29, 1.82) is 0 Å². The normalized spacial score (nSPS) is 12.9. The number of aromatic nitrogens is 1. The Bertz CT molecular complexity index is 1010. The van der Waals surface area contributed by atoms with Gasteiger partial charge in [-0.05, 0) is 35.2 Å². The van der Waals surface area contributed by atoms with Gasteiger partial charge in [-0.25, -0.2) is 0 Å². The second-order valence-corrected chi connectivity index (χ2v) is 6.24. The topological polar surface area (TPSA) is 42.3 Å². The highest BCUT2D eigenvalue weighted by Gasteiger charge is 2.27. The summed E-state index contributed by atoms with van der Waals surface area (Å²) in [6.45, 7) is 0.632. The predicted octanol–water partition coefficient (Wildman–Crippen LogP) is 3.26. The van der Waals surface area contributed by atoms with Gasteiger partial charge in [-0.2, -0.15) is 0 Å². The highest BCUT2D eigenvalue weighted by Crippen LogP contribution is 2.36. The number of anilines is 1. The van der Waals surface area contributed by atoms with E-state index in [-0.39, 0.29) is 11.5 Å².